The monoisotopic (exact) mass is 340 g/mol. The minimum atomic E-state index is -0.382. The van der Waals surface area contributed by atoms with Crippen LogP contribution in [0.25, 0.3) is 0 Å². The maximum Gasteiger partial charge on any atom is 0.248 e. The summed E-state index contributed by atoms with van der Waals surface area (Å²) in [5.74, 6) is 0.126. The van der Waals surface area contributed by atoms with Gasteiger partial charge in [0.05, 0.1) is 0 Å². The zero-order valence-electron chi connectivity index (χ0n) is 14.4. The van der Waals surface area contributed by atoms with Crippen molar-refractivity contribution >= 4 is 5.91 Å². The quantitative estimate of drug-likeness (QED) is 0.835. The number of piperidine rings is 1. The van der Waals surface area contributed by atoms with Gasteiger partial charge in [-0.15, -0.1) is 5.10 Å². The Hall–Kier alpha value is -2.28. The molecule has 2 aliphatic heterocycles. The van der Waals surface area contributed by atoms with E-state index in [1.807, 2.05) is 35.2 Å². The minimum absolute atomic E-state index is 0.126. The number of hydrogen-bond donors (Lipinski definition) is 0. The molecule has 0 bridgehead atoms. The molecule has 0 radical (unpaired) electrons. The second-order valence-electron chi connectivity index (χ2n) is 6.97. The molecule has 0 aliphatic carbocycles. The molecule has 2 aromatic rings. The fraction of sp³-hybridized carbons (Fsp3) is 0.556. The smallest absolute Gasteiger partial charge is 0.248 e. The molecule has 2 atom stereocenters. The second kappa shape index (κ2) is 7.31. The highest BCUT2D eigenvalue weighted by Gasteiger charge is 2.34. The van der Waals surface area contributed by atoms with Gasteiger partial charge in [0, 0.05) is 32.1 Å². The average molecular weight is 340 g/mol. The zero-order chi connectivity index (χ0) is 17.1. The van der Waals surface area contributed by atoms with Crippen LogP contribution in [0.1, 0.15) is 30.9 Å². The van der Waals surface area contributed by atoms with Gasteiger partial charge in [-0.05, 0) is 35.4 Å². The number of carbonyl (C=O) groups excluding carboxylic acids is 1. The molecule has 3 heterocycles. The number of carbonyl (C=O) groups is 1. The number of aromatic nitrogens is 4. The predicted octanol–water partition coefficient (Wildman–Crippen LogP) is 1.15. The summed E-state index contributed by atoms with van der Waals surface area (Å²) in [6, 6.07) is 10.2. The summed E-state index contributed by atoms with van der Waals surface area (Å²) in [5, 5.41) is 11.5. The normalized spacial score (nSPS) is 22.4. The molecule has 4 rings (SSSR count). The Bertz CT molecular complexity index is 689. The Kier molecular flexibility index (Phi) is 4.74. The Balaban J connectivity index is 1.51. The van der Waals surface area contributed by atoms with Gasteiger partial charge >= 0.3 is 0 Å². The van der Waals surface area contributed by atoms with Crippen LogP contribution in [-0.4, -0.2) is 68.1 Å². The summed E-state index contributed by atoms with van der Waals surface area (Å²) < 4.78 is 1.60. The largest absolute Gasteiger partial charge is 0.338 e. The van der Waals surface area contributed by atoms with Crippen LogP contribution in [-0.2, 0) is 11.2 Å². The predicted molar refractivity (Wildman–Crippen MR) is 92.8 cm³/mol. The third-order valence-electron chi connectivity index (χ3n) is 5.39. The van der Waals surface area contributed by atoms with Gasteiger partial charge in [0.1, 0.15) is 12.4 Å². The SMILES string of the molecule is O=C([C@H](Cc1ccccc1)n1cnnn1)N1CCN2CCCC[C@H]2C1. The Morgan fingerprint density at radius 2 is 2.04 bits per heavy atom. The van der Waals surface area contributed by atoms with Gasteiger partial charge in [-0.2, -0.15) is 0 Å². The molecule has 0 unspecified atom stereocenters. The number of piperazine rings is 1. The molecule has 0 spiro atoms. The van der Waals surface area contributed by atoms with Crippen molar-refractivity contribution in [1.82, 2.24) is 30.0 Å². The maximum atomic E-state index is 13.3. The highest BCUT2D eigenvalue weighted by molar-refractivity contribution is 5.80. The number of amides is 1. The summed E-state index contributed by atoms with van der Waals surface area (Å²) in [6.07, 6.45) is 5.89. The first kappa shape index (κ1) is 16.2. The minimum Gasteiger partial charge on any atom is -0.338 e. The van der Waals surface area contributed by atoms with Crippen LogP contribution in [0.3, 0.4) is 0 Å². The van der Waals surface area contributed by atoms with Gasteiger partial charge < -0.3 is 4.90 Å². The first-order valence-corrected chi connectivity index (χ1v) is 9.10. The van der Waals surface area contributed by atoms with E-state index in [0.717, 1.165) is 25.2 Å². The molecule has 132 valence electrons. The number of nitrogens with zero attached hydrogens (tertiary/aromatic N) is 6. The summed E-state index contributed by atoms with van der Waals surface area (Å²) >= 11 is 0. The lowest BCUT2D eigenvalue weighted by Gasteiger charge is -2.44. The molecule has 25 heavy (non-hydrogen) atoms. The first-order valence-electron chi connectivity index (χ1n) is 9.10. The van der Waals surface area contributed by atoms with Gasteiger partial charge in [-0.1, -0.05) is 36.8 Å². The second-order valence-corrected chi connectivity index (χ2v) is 6.97. The van der Waals surface area contributed by atoms with Crippen molar-refractivity contribution in [3.63, 3.8) is 0 Å². The lowest BCUT2D eigenvalue weighted by atomic mass is 9.98. The summed E-state index contributed by atoms with van der Waals surface area (Å²) in [7, 11) is 0. The highest BCUT2D eigenvalue weighted by Crippen LogP contribution is 2.24. The third-order valence-corrected chi connectivity index (χ3v) is 5.39. The van der Waals surface area contributed by atoms with Crippen molar-refractivity contribution in [3.8, 4) is 0 Å². The average Bonchev–Trinajstić information content (AvgIpc) is 3.20. The van der Waals surface area contributed by atoms with E-state index < -0.39 is 0 Å². The van der Waals surface area contributed by atoms with Crippen LogP contribution in [0.15, 0.2) is 36.7 Å². The lowest BCUT2D eigenvalue weighted by molar-refractivity contribution is -0.138. The molecule has 2 saturated heterocycles. The lowest BCUT2D eigenvalue weighted by Crippen LogP contribution is -2.57. The molecule has 7 heteroatoms. The molecule has 1 aromatic heterocycles. The Labute approximate surface area is 147 Å². The molecule has 1 aromatic carbocycles. The van der Waals surface area contributed by atoms with Gasteiger partial charge in [-0.3, -0.25) is 9.69 Å². The van der Waals surface area contributed by atoms with E-state index in [0.29, 0.717) is 12.5 Å². The number of tetrazole rings is 1. The molecular weight excluding hydrogens is 316 g/mol. The van der Waals surface area contributed by atoms with E-state index >= 15 is 0 Å². The topological polar surface area (TPSA) is 67.2 Å². The van der Waals surface area contributed by atoms with Crippen molar-refractivity contribution < 1.29 is 4.79 Å². The number of fused-ring (bicyclic) bond motifs is 1. The Morgan fingerprint density at radius 1 is 1.16 bits per heavy atom. The summed E-state index contributed by atoms with van der Waals surface area (Å²) in [4.78, 5) is 17.8. The van der Waals surface area contributed by atoms with Crippen molar-refractivity contribution in [2.45, 2.75) is 37.8 Å². The molecule has 7 nitrogen and oxygen atoms in total. The van der Waals surface area contributed by atoms with E-state index in [1.54, 1.807) is 11.0 Å². The number of rotatable bonds is 4. The highest BCUT2D eigenvalue weighted by atomic mass is 16.2. The zero-order valence-corrected chi connectivity index (χ0v) is 14.4. The van der Waals surface area contributed by atoms with E-state index in [2.05, 4.69) is 20.4 Å². The van der Waals surface area contributed by atoms with Crippen LogP contribution >= 0.6 is 0 Å². The summed E-state index contributed by atoms with van der Waals surface area (Å²) in [5.41, 5.74) is 1.12. The number of hydrogen-bond acceptors (Lipinski definition) is 5. The fourth-order valence-corrected chi connectivity index (χ4v) is 4.01. The molecular formula is C18H24N6O. The van der Waals surface area contributed by atoms with Crippen LogP contribution in [0.5, 0.6) is 0 Å². The standard InChI is InChI=1S/C18H24N6O/c25-18(23-11-10-22-9-5-4-8-16(22)13-23)17(24-14-19-20-21-24)12-15-6-2-1-3-7-15/h1-3,6-7,14,16-17H,4-5,8-13H2/t16-,17-/m0/s1. The third kappa shape index (κ3) is 3.56. The van der Waals surface area contributed by atoms with Crippen molar-refractivity contribution in [3.05, 3.63) is 42.2 Å². The van der Waals surface area contributed by atoms with Gasteiger partial charge in [0.2, 0.25) is 5.91 Å². The molecule has 0 N–H and O–H groups in total. The van der Waals surface area contributed by atoms with Crippen molar-refractivity contribution in [2.24, 2.45) is 0 Å². The van der Waals surface area contributed by atoms with E-state index in [4.69, 9.17) is 0 Å². The molecule has 0 saturated carbocycles. The van der Waals surface area contributed by atoms with Crippen LogP contribution < -0.4 is 0 Å². The van der Waals surface area contributed by atoms with E-state index in [1.165, 1.54) is 25.8 Å². The van der Waals surface area contributed by atoms with E-state index in [9.17, 15) is 4.79 Å². The first-order chi connectivity index (χ1) is 12.3. The van der Waals surface area contributed by atoms with Gasteiger partial charge in [0.15, 0.2) is 0 Å². The molecule has 2 fully saturated rings. The van der Waals surface area contributed by atoms with Crippen LogP contribution in [0.4, 0.5) is 0 Å². The van der Waals surface area contributed by atoms with E-state index in [-0.39, 0.29) is 11.9 Å². The van der Waals surface area contributed by atoms with Gasteiger partial charge in [0.25, 0.3) is 0 Å². The van der Waals surface area contributed by atoms with Crippen molar-refractivity contribution in [2.75, 3.05) is 26.2 Å². The molecule has 2 aliphatic rings. The summed E-state index contributed by atoms with van der Waals surface area (Å²) in [6.45, 7) is 3.77. The van der Waals surface area contributed by atoms with Crippen LogP contribution in [0.2, 0.25) is 0 Å². The van der Waals surface area contributed by atoms with Crippen LogP contribution in [0, 0.1) is 0 Å². The van der Waals surface area contributed by atoms with Crippen molar-refractivity contribution in [1.29, 1.82) is 0 Å². The number of benzene rings is 1. The Morgan fingerprint density at radius 3 is 2.84 bits per heavy atom. The fourth-order valence-electron chi connectivity index (χ4n) is 4.01. The molecule has 1 amide bonds. The van der Waals surface area contributed by atoms with Gasteiger partial charge in [-0.25, -0.2) is 4.68 Å². The maximum absolute atomic E-state index is 13.3.